The third kappa shape index (κ3) is 4.81. The van der Waals surface area contributed by atoms with Crippen molar-refractivity contribution in [2.45, 2.75) is 39.2 Å². The van der Waals surface area contributed by atoms with Crippen molar-refractivity contribution in [1.82, 2.24) is 0 Å². The number of furan rings is 1. The summed E-state index contributed by atoms with van der Waals surface area (Å²) >= 11 is 0. The highest BCUT2D eigenvalue weighted by Gasteiger charge is 2.14. The Bertz CT molecular complexity index is 1050. The molecule has 0 radical (unpaired) electrons. The van der Waals surface area contributed by atoms with Crippen LogP contribution in [0.1, 0.15) is 32.3 Å². The number of aliphatic hydroxyl groups is 1. The Labute approximate surface area is 169 Å². The Balaban J connectivity index is 1.78. The minimum Gasteiger partial charge on any atom is -0.508 e. The number of hydrogen-bond donors (Lipinski definition) is 4. The second kappa shape index (κ2) is 8.45. The van der Waals surface area contributed by atoms with E-state index in [1.807, 2.05) is 13.0 Å². The third-order valence-corrected chi connectivity index (χ3v) is 5.03. The molecule has 0 aliphatic heterocycles. The molecule has 3 aromatic rings. The number of benzene rings is 2. The number of aliphatic hydroxyl groups excluding tert-OH is 1. The second-order valence-corrected chi connectivity index (χ2v) is 7.48. The van der Waals surface area contributed by atoms with Crippen LogP contribution >= 0.6 is 0 Å². The van der Waals surface area contributed by atoms with Crippen LogP contribution in [-0.4, -0.2) is 26.5 Å². The molecule has 152 valence electrons. The van der Waals surface area contributed by atoms with Crippen LogP contribution in [0.2, 0.25) is 0 Å². The maximum atomic E-state index is 10.4. The van der Waals surface area contributed by atoms with E-state index >= 15 is 0 Å². The molecule has 0 aliphatic carbocycles. The van der Waals surface area contributed by atoms with Crippen molar-refractivity contribution < 1.29 is 24.8 Å². The summed E-state index contributed by atoms with van der Waals surface area (Å²) < 4.78 is 5.73. The summed E-state index contributed by atoms with van der Waals surface area (Å²) in [4.78, 5) is 0. The van der Waals surface area contributed by atoms with Crippen LogP contribution in [0, 0.1) is 0 Å². The van der Waals surface area contributed by atoms with E-state index in [0.29, 0.717) is 41.7 Å². The lowest BCUT2D eigenvalue weighted by atomic mass is 10.0. The Morgan fingerprint density at radius 1 is 1.07 bits per heavy atom. The lowest BCUT2D eigenvalue weighted by Gasteiger charge is -2.11. The van der Waals surface area contributed by atoms with Gasteiger partial charge in [0.2, 0.25) is 0 Å². The second-order valence-electron chi connectivity index (χ2n) is 7.48. The molecule has 1 heterocycles. The summed E-state index contributed by atoms with van der Waals surface area (Å²) in [7, 11) is 0. The third-order valence-electron chi connectivity index (χ3n) is 5.03. The molecule has 29 heavy (non-hydrogen) atoms. The summed E-state index contributed by atoms with van der Waals surface area (Å²) in [5.41, 5.74) is 3.31. The maximum absolute atomic E-state index is 10.4. The first-order valence-electron chi connectivity index (χ1n) is 9.51. The number of allylic oxidation sites excluding steroid dienone is 2. The van der Waals surface area contributed by atoms with Crippen molar-refractivity contribution in [3.05, 3.63) is 65.8 Å². The average Bonchev–Trinajstić information content (AvgIpc) is 3.08. The monoisotopic (exact) mass is 394 g/mol. The highest BCUT2D eigenvalue weighted by Crippen LogP contribution is 2.37. The fourth-order valence-corrected chi connectivity index (χ4v) is 3.14. The number of aromatic hydroxyl groups is 3. The van der Waals surface area contributed by atoms with Crippen molar-refractivity contribution in [2.24, 2.45) is 0 Å². The zero-order valence-electron chi connectivity index (χ0n) is 16.6. The Kier molecular flexibility index (Phi) is 5.99. The number of hydrogen-bond acceptors (Lipinski definition) is 5. The van der Waals surface area contributed by atoms with Gasteiger partial charge in [-0.15, -0.1) is 0 Å². The van der Waals surface area contributed by atoms with E-state index in [1.54, 1.807) is 37.3 Å². The smallest absolute Gasteiger partial charge is 0.138 e. The van der Waals surface area contributed by atoms with E-state index in [0.717, 1.165) is 16.5 Å². The standard InChI is InChI=1S/C24H26O5/c1-14(2)20(26)9-5-15(3)4-8-19-21(27)10-17(11-22(19)28)23-12-16-6-7-18(25)13-24(16)29-23/h4,6-7,10-13,20,25-28H,1,5,8-9H2,2-3H3/t20-/m1/s1. The summed E-state index contributed by atoms with van der Waals surface area (Å²) in [5, 5.41) is 41.1. The number of phenols is 3. The van der Waals surface area contributed by atoms with Gasteiger partial charge in [-0.3, -0.25) is 0 Å². The Morgan fingerprint density at radius 3 is 2.41 bits per heavy atom. The van der Waals surface area contributed by atoms with Crippen LogP contribution in [0.4, 0.5) is 0 Å². The van der Waals surface area contributed by atoms with Crippen LogP contribution < -0.4 is 0 Å². The first-order valence-corrected chi connectivity index (χ1v) is 9.51. The molecule has 0 saturated carbocycles. The van der Waals surface area contributed by atoms with Gasteiger partial charge in [0.1, 0.15) is 28.6 Å². The molecule has 1 aromatic heterocycles. The molecule has 0 saturated heterocycles. The predicted octanol–water partition coefficient (Wildman–Crippen LogP) is 5.42. The topological polar surface area (TPSA) is 94.1 Å². The molecule has 0 spiro atoms. The van der Waals surface area contributed by atoms with Crippen LogP contribution in [0.5, 0.6) is 17.2 Å². The van der Waals surface area contributed by atoms with Crippen LogP contribution in [0.15, 0.2) is 64.6 Å². The summed E-state index contributed by atoms with van der Waals surface area (Å²) in [6.07, 6.45) is 3.09. The van der Waals surface area contributed by atoms with Crippen molar-refractivity contribution in [3.63, 3.8) is 0 Å². The molecule has 4 N–H and O–H groups in total. The van der Waals surface area contributed by atoms with E-state index in [4.69, 9.17) is 4.42 Å². The first kappa shape index (κ1) is 20.6. The molecule has 0 aliphatic rings. The van der Waals surface area contributed by atoms with Crippen LogP contribution in [0.25, 0.3) is 22.3 Å². The fraction of sp³-hybridized carbons (Fsp3) is 0.250. The molecule has 0 fully saturated rings. The van der Waals surface area contributed by atoms with Crippen molar-refractivity contribution >= 4 is 11.0 Å². The van der Waals surface area contributed by atoms with E-state index in [9.17, 15) is 20.4 Å². The lowest BCUT2D eigenvalue weighted by molar-refractivity contribution is 0.201. The Hall–Kier alpha value is -3.18. The van der Waals surface area contributed by atoms with E-state index in [-0.39, 0.29) is 17.2 Å². The zero-order chi connectivity index (χ0) is 21.1. The fourth-order valence-electron chi connectivity index (χ4n) is 3.14. The van der Waals surface area contributed by atoms with Gasteiger partial charge in [-0.1, -0.05) is 23.8 Å². The van der Waals surface area contributed by atoms with E-state index < -0.39 is 6.10 Å². The van der Waals surface area contributed by atoms with E-state index in [1.165, 1.54) is 6.07 Å². The Morgan fingerprint density at radius 2 is 1.76 bits per heavy atom. The predicted molar refractivity (Wildman–Crippen MR) is 114 cm³/mol. The molecule has 5 nitrogen and oxygen atoms in total. The average molecular weight is 394 g/mol. The van der Waals surface area contributed by atoms with Gasteiger partial charge < -0.3 is 24.8 Å². The molecule has 3 rings (SSSR count). The molecule has 0 amide bonds. The SMILES string of the molecule is C=C(C)[C@H](O)CCC(C)=CCc1c(O)cc(-c2cc3ccc(O)cc3o2)cc1O. The molecular formula is C24H26O5. The normalized spacial score (nSPS) is 13.0. The molecule has 0 bridgehead atoms. The summed E-state index contributed by atoms with van der Waals surface area (Å²) in [5.74, 6) is 0.560. The largest absolute Gasteiger partial charge is 0.508 e. The highest BCUT2D eigenvalue weighted by molar-refractivity contribution is 5.84. The molecule has 0 unspecified atom stereocenters. The number of fused-ring (bicyclic) bond motifs is 1. The van der Waals surface area contributed by atoms with Crippen molar-refractivity contribution in [3.8, 4) is 28.6 Å². The van der Waals surface area contributed by atoms with Crippen LogP contribution in [-0.2, 0) is 6.42 Å². The van der Waals surface area contributed by atoms with E-state index in [2.05, 4.69) is 6.58 Å². The van der Waals surface area contributed by atoms with Crippen LogP contribution in [0.3, 0.4) is 0 Å². The van der Waals surface area contributed by atoms with Gasteiger partial charge in [-0.2, -0.15) is 0 Å². The summed E-state index contributed by atoms with van der Waals surface area (Å²) in [6, 6.07) is 9.74. The molecule has 5 heteroatoms. The molecule has 2 aromatic carbocycles. The first-order chi connectivity index (χ1) is 13.7. The quantitative estimate of drug-likeness (QED) is 0.401. The van der Waals surface area contributed by atoms with Gasteiger partial charge in [-0.05, 0) is 63.4 Å². The van der Waals surface area contributed by atoms with Crippen molar-refractivity contribution in [1.29, 1.82) is 0 Å². The molecule has 1 atom stereocenters. The van der Waals surface area contributed by atoms with Gasteiger partial charge in [0.25, 0.3) is 0 Å². The zero-order valence-corrected chi connectivity index (χ0v) is 16.6. The van der Waals surface area contributed by atoms with Gasteiger partial charge in [0, 0.05) is 22.6 Å². The summed E-state index contributed by atoms with van der Waals surface area (Å²) in [6.45, 7) is 7.50. The van der Waals surface area contributed by atoms with Gasteiger partial charge in [0.05, 0.1) is 6.10 Å². The van der Waals surface area contributed by atoms with Gasteiger partial charge in [-0.25, -0.2) is 0 Å². The van der Waals surface area contributed by atoms with Gasteiger partial charge >= 0.3 is 0 Å². The number of phenolic OH excluding ortho intramolecular Hbond substituents is 3. The lowest BCUT2D eigenvalue weighted by Crippen LogP contribution is -2.06. The van der Waals surface area contributed by atoms with Gasteiger partial charge in [0.15, 0.2) is 0 Å². The minimum absolute atomic E-state index is 0.0191. The maximum Gasteiger partial charge on any atom is 0.138 e. The van der Waals surface area contributed by atoms with Crippen molar-refractivity contribution in [2.75, 3.05) is 0 Å². The minimum atomic E-state index is -0.523. The molecular weight excluding hydrogens is 368 g/mol. The number of rotatable bonds is 7. The highest BCUT2D eigenvalue weighted by atomic mass is 16.3.